The quantitative estimate of drug-likeness (QED) is 0.444. The van der Waals surface area contributed by atoms with Gasteiger partial charge in [0, 0.05) is 22.0 Å². The van der Waals surface area contributed by atoms with E-state index in [0.717, 1.165) is 24.2 Å². The van der Waals surface area contributed by atoms with Gasteiger partial charge >= 0.3 is 11.9 Å². The van der Waals surface area contributed by atoms with Crippen molar-refractivity contribution in [2.45, 2.75) is 59.3 Å². The summed E-state index contributed by atoms with van der Waals surface area (Å²) >= 11 is 0. The van der Waals surface area contributed by atoms with Crippen LogP contribution in [0.2, 0.25) is 0 Å². The lowest BCUT2D eigenvalue weighted by Crippen LogP contribution is -2.44. The van der Waals surface area contributed by atoms with Crippen LogP contribution in [-0.4, -0.2) is 11.9 Å². The highest BCUT2D eigenvalue weighted by Gasteiger charge is 2.79. The first-order valence-electron chi connectivity index (χ1n) is 9.16. The van der Waals surface area contributed by atoms with E-state index in [4.69, 9.17) is 4.89 Å². The lowest BCUT2D eigenvalue weighted by molar-refractivity contribution is -0.252. The summed E-state index contributed by atoms with van der Waals surface area (Å²) in [5.74, 6) is 1.19. The maximum atomic E-state index is 12.4. The summed E-state index contributed by atoms with van der Waals surface area (Å²) in [4.78, 5) is 33.3. The van der Waals surface area contributed by atoms with Crippen molar-refractivity contribution >= 4 is 11.9 Å². The van der Waals surface area contributed by atoms with E-state index < -0.39 is 11.9 Å². The second-order valence-electron chi connectivity index (χ2n) is 8.47. The molecule has 5 rings (SSSR count). The second kappa shape index (κ2) is 4.96. The van der Waals surface area contributed by atoms with Crippen LogP contribution in [0.25, 0.3) is 0 Å². The average Bonchev–Trinajstić information content (AvgIpc) is 3.13. The van der Waals surface area contributed by atoms with Gasteiger partial charge in [0.2, 0.25) is 0 Å². The van der Waals surface area contributed by atoms with Crippen LogP contribution in [0.1, 0.15) is 59.3 Å². The maximum Gasteiger partial charge on any atom is 0.382 e. The molecule has 5 aliphatic rings. The molecule has 24 heavy (non-hydrogen) atoms. The van der Waals surface area contributed by atoms with E-state index in [1.807, 2.05) is 6.92 Å². The molecule has 0 N–H and O–H groups in total. The van der Waals surface area contributed by atoms with E-state index >= 15 is 0 Å². The van der Waals surface area contributed by atoms with Gasteiger partial charge < -0.3 is 0 Å². The SMILES string of the molecule is C=C(C)C(=O)OOC(=O)/C(C)=C1\C23CC4CC(CC(C4)C12CC)C3. The Hall–Kier alpha value is -1.58. The van der Waals surface area contributed by atoms with Gasteiger partial charge in [0.1, 0.15) is 0 Å². The van der Waals surface area contributed by atoms with E-state index in [1.165, 1.54) is 44.6 Å². The number of hydrogen-bond acceptors (Lipinski definition) is 4. The van der Waals surface area contributed by atoms with Crippen LogP contribution >= 0.6 is 0 Å². The molecule has 4 nitrogen and oxygen atoms in total. The Kier molecular flexibility index (Phi) is 3.29. The molecule has 1 spiro atoms. The van der Waals surface area contributed by atoms with Gasteiger partial charge in [-0.25, -0.2) is 19.4 Å². The average molecular weight is 330 g/mol. The molecule has 4 heteroatoms. The van der Waals surface area contributed by atoms with Crippen LogP contribution < -0.4 is 0 Å². The topological polar surface area (TPSA) is 52.6 Å². The molecule has 3 atom stereocenters. The van der Waals surface area contributed by atoms with Crippen molar-refractivity contribution < 1.29 is 19.4 Å². The van der Waals surface area contributed by atoms with Gasteiger partial charge in [0.05, 0.1) is 0 Å². The maximum absolute atomic E-state index is 12.4. The standard InChI is InChI=1S/C20H26O4/c1-5-20-15-7-13-6-14(8-15)10-19(20,9-13)16(20)12(4)18(22)24-23-17(21)11(2)3/h13-15H,2,5-10H2,1,3-4H3/b16-12+. The van der Waals surface area contributed by atoms with Crippen molar-refractivity contribution in [3.05, 3.63) is 23.3 Å². The van der Waals surface area contributed by atoms with Crippen molar-refractivity contribution in [3.8, 4) is 0 Å². The van der Waals surface area contributed by atoms with Gasteiger partial charge in [-0.3, -0.25) is 0 Å². The molecule has 4 bridgehead atoms. The van der Waals surface area contributed by atoms with Gasteiger partial charge in [-0.1, -0.05) is 13.5 Å². The first-order chi connectivity index (χ1) is 11.4. The third-order valence-corrected chi connectivity index (χ3v) is 7.37. The summed E-state index contributed by atoms with van der Waals surface area (Å²) in [7, 11) is 0. The fourth-order valence-electron chi connectivity index (χ4n) is 6.94. The lowest BCUT2D eigenvalue weighted by Gasteiger charge is -2.53. The normalized spacial score (nSPS) is 43.0. The first-order valence-corrected chi connectivity index (χ1v) is 9.16. The second-order valence-corrected chi connectivity index (χ2v) is 8.47. The zero-order chi connectivity index (χ0) is 17.3. The largest absolute Gasteiger partial charge is 0.382 e. The number of carbonyl (C=O) groups is 2. The summed E-state index contributed by atoms with van der Waals surface area (Å²) in [5, 5.41) is 0. The van der Waals surface area contributed by atoms with Gasteiger partial charge in [-0.2, -0.15) is 0 Å². The van der Waals surface area contributed by atoms with Crippen molar-refractivity contribution in [2.24, 2.45) is 28.6 Å². The Morgan fingerprint density at radius 2 is 1.67 bits per heavy atom. The molecule has 0 aliphatic heterocycles. The predicted octanol–water partition coefficient (Wildman–Crippen LogP) is 4.12. The van der Waals surface area contributed by atoms with E-state index in [-0.39, 0.29) is 16.4 Å². The zero-order valence-corrected chi connectivity index (χ0v) is 14.8. The van der Waals surface area contributed by atoms with Crippen molar-refractivity contribution in [1.82, 2.24) is 0 Å². The Morgan fingerprint density at radius 3 is 2.21 bits per heavy atom. The van der Waals surface area contributed by atoms with Crippen molar-refractivity contribution in [2.75, 3.05) is 0 Å². The molecular weight excluding hydrogens is 304 g/mol. The molecule has 130 valence electrons. The molecule has 5 aliphatic carbocycles. The summed E-state index contributed by atoms with van der Waals surface area (Å²) in [5.41, 5.74) is 2.65. The predicted molar refractivity (Wildman–Crippen MR) is 88.4 cm³/mol. The summed E-state index contributed by atoms with van der Waals surface area (Å²) in [6.45, 7) is 9.12. The van der Waals surface area contributed by atoms with E-state index in [1.54, 1.807) is 0 Å². The molecule has 0 amide bonds. The molecule has 0 heterocycles. The van der Waals surface area contributed by atoms with E-state index in [2.05, 4.69) is 18.4 Å². The fraction of sp³-hybridized carbons (Fsp3) is 0.700. The Balaban J connectivity index is 1.61. The monoisotopic (exact) mass is 330 g/mol. The van der Waals surface area contributed by atoms with Crippen molar-refractivity contribution in [1.29, 1.82) is 0 Å². The van der Waals surface area contributed by atoms with Crippen LogP contribution in [0.3, 0.4) is 0 Å². The van der Waals surface area contributed by atoms with Gasteiger partial charge in [0.15, 0.2) is 0 Å². The first kappa shape index (κ1) is 15.9. The lowest BCUT2D eigenvalue weighted by atomic mass is 9.51. The molecular formula is C20H26O4. The minimum Gasteiger partial charge on any atom is -0.242 e. The molecule has 0 aromatic carbocycles. The number of hydrogen-bond donors (Lipinski definition) is 0. The minimum absolute atomic E-state index is 0.210. The number of allylic oxidation sites excluding steroid dienone is 1. The Bertz CT molecular complexity index is 659. The molecule has 0 aromatic heterocycles. The van der Waals surface area contributed by atoms with Crippen LogP contribution in [0.15, 0.2) is 23.3 Å². The Morgan fingerprint density at radius 1 is 1.08 bits per heavy atom. The van der Waals surface area contributed by atoms with Crippen molar-refractivity contribution in [3.63, 3.8) is 0 Å². The van der Waals surface area contributed by atoms with E-state index in [9.17, 15) is 9.59 Å². The minimum atomic E-state index is -0.697. The summed E-state index contributed by atoms with van der Waals surface area (Å²) in [6, 6.07) is 0. The molecule has 5 saturated carbocycles. The third kappa shape index (κ3) is 1.80. The molecule has 0 saturated heterocycles. The molecule has 0 aromatic rings. The van der Waals surface area contributed by atoms with Crippen LogP contribution in [-0.2, 0) is 19.4 Å². The fourth-order valence-corrected chi connectivity index (χ4v) is 6.94. The third-order valence-electron chi connectivity index (χ3n) is 7.37. The van der Waals surface area contributed by atoms with Gasteiger partial charge in [0.25, 0.3) is 0 Å². The van der Waals surface area contributed by atoms with Crippen LogP contribution in [0, 0.1) is 28.6 Å². The molecule has 5 fully saturated rings. The van der Waals surface area contributed by atoms with Gasteiger partial charge in [-0.05, 0) is 75.7 Å². The highest BCUT2D eigenvalue weighted by molar-refractivity contribution is 5.92. The zero-order valence-electron chi connectivity index (χ0n) is 14.8. The molecule has 3 unspecified atom stereocenters. The number of rotatable bonds is 3. The van der Waals surface area contributed by atoms with Crippen LogP contribution in [0.5, 0.6) is 0 Å². The highest BCUT2D eigenvalue weighted by atomic mass is 17.2. The van der Waals surface area contributed by atoms with Crippen LogP contribution in [0.4, 0.5) is 0 Å². The summed E-state index contributed by atoms with van der Waals surface area (Å²) in [6.07, 6.45) is 7.59. The highest BCUT2D eigenvalue weighted by Crippen LogP contribution is 2.87. The number of carbonyl (C=O) groups excluding carboxylic acids is 2. The Labute approximate surface area is 143 Å². The van der Waals surface area contributed by atoms with E-state index in [0.29, 0.717) is 5.57 Å². The van der Waals surface area contributed by atoms with Gasteiger partial charge in [-0.15, -0.1) is 0 Å². The smallest absolute Gasteiger partial charge is 0.242 e. The molecule has 0 radical (unpaired) electrons. The summed E-state index contributed by atoms with van der Waals surface area (Å²) < 4.78 is 0.